The third-order valence-electron chi connectivity index (χ3n) is 4.59. The minimum atomic E-state index is -0.423. The molecule has 1 fully saturated rings. The Bertz CT molecular complexity index is 910. The Hall–Kier alpha value is -3.02. The van der Waals surface area contributed by atoms with Crippen molar-refractivity contribution in [3.63, 3.8) is 0 Å². The van der Waals surface area contributed by atoms with Gasteiger partial charge in [-0.25, -0.2) is 4.39 Å². The van der Waals surface area contributed by atoms with Crippen LogP contribution < -0.4 is 0 Å². The van der Waals surface area contributed by atoms with Gasteiger partial charge in [-0.15, -0.1) is 0 Å². The molecule has 1 atom stereocenters. The first-order chi connectivity index (χ1) is 12.7. The maximum Gasteiger partial charge on any atom is 0.254 e. The Labute approximate surface area is 150 Å². The maximum atomic E-state index is 13.5. The molecule has 1 amide bonds. The summed E-state index contributed by atoms with van der Waals surface area (Å²) < 4.78 is 19.0. The van der Waals surface area contributed by atoms with Crippen molar-refractivity contribution >= 4 is 5.91 Å². The van der Waals surface area contributed by atoms with Gasteiger partial charge in [0.15, 0.2) is 0 Å². The molecule has 0 aliphatic carbocycles. The van der Waals surface area contributed by atoms with Crippen molar-refractivity contribution in [2.45, 2.75) is 25.3 Å². The highest BCUT2D eigenvalue weighted by molar-refractivity contribution is 5.94. The van der Waals surface area contributed by atoms with Gasteiger partial charge in [-0.2, -0.15) is 4.98 Å². The van der Waals surface area contributed by atoms with Crippen LogP contribution in [0.1, 0.15) is 41.6 Å². The Morgan fingerprint density at radius 2 is 1.96 bits per heavy atom. The fourth-order valence-electron chi connectivity index (χ4n) is 3.29. The number of halogens is 1. The normalized spacial score (nSPS) is 17.3. The van der Waals surface area contributed by atoms with E-state index < -0.39 is 5.82 Å². The van der Waals surface area contributed by atoms with E-state index in [0.717, 1.165) is 24.8 Å². The van der Waals surface area contributed by atoms with Crippen LogP contribution in [0.25, 0.3) is 11.4 Å². The predicted molar refractivity (Wildman–Crippen MR) is 93.8 cm³/mol. The number of piperidine rings is 1. The van der Waals surface area contributed by atoms with E-state index in [2.05, 4.69) is 10.1 Å². The first-order valence-corrected chi connectivity index (χ1v) is 8.68. The van der Waals surface area contributed by atoms with Crippen molar-refractivity contribution in [1.82, 2.24) is 15.0 Å². The van der Waals surface area contributed by atoms with Gasteiger partial charge in [-0.3, -0.25) is 4.79 Å². The maximum absolute atomic E-state index is 13.5. The van der Waals surface area contributed by atoms with Gasteiger partial charge in [-0.05, 0) is 37.5 Å². The summed E-state index contributed by atoms with van der Waals surface area (Å²) in [6.07, 6.45) is 2.62. The Morgan fingerprint density at radius 3 is 2.77 bits per heavy atom. The fourth-order valence-corrected chi connectivity index (χ4v) is 3.29. The molecule has 26 heavy (non-hydrogen) atoms. The monoisotopic (exact) mass is 351 g/mol. The number of carbonyl (C=O) groups is 1. The van der Waals surface area contributed by atoms with E-state index in [0.29, 0.717) is 23.8 Å². The van der Waals surface area contributed by atoms with Crippen LogP contribution in [0.4, 0.5) is 4.39 Å². The average Bonchev–Trinajstić information content (AvgIpc) is 3.18. The standard InChI is InChI=1S/C20H18FN3O2/c21-16-10-6-9-15(13-16)20(25)24-12-5-4-11-17(24)19-22-18(23-26-19)14-7-2-1-3-8-14/h1-3,6-10,13,17H,4-5,11-12H2. The summed E-state index contributed by atoms with van der Waals surface area (Å²) >= 11 is 0. The number of hydrogen-bond acceptors (Lipinski definition) is 4. The number of benzene rings is 2. The van der Waals surface area contributed by atoms with E-state index in [-0.39, 0.29) is 11.9 Å². The molecule has 0 bridgehead atoms. The van der Waals surface area contributed by atoms with Crippen molar-refractivity contribution in [2.24, 2.45) is 0 Å². The van der Waals surface area contributed by atoms with Gasteiger partial charge in [0.2, 0.25) is 11.7 Å². The van der Waals surface area contributed by atoms with E-state index in [4.69, 9.17) is 4.52 Å². The number of hydrogen-bond donors (Lipinski definition) is 0. The van der Waals surface area contributed by atoms with Crippen LogP contribution >= 0.6 is 0 Å². The molecule has 6 heteroatoms. The molecule has 0 N–H and O–H groups in total. The lowest BCUT2D eigenvalue weighted by Gasteiger charge is -2.33. The van der Waals surface area contributed by atoms with Crippen LogP contribution in [0.15, 0.2) is 59.1 Å². The molecule has 2 heterocycles. The zero-order chi connectivity index (χ0) is 17.9. The Kier molecular flexibility index (Phi) is 4.48. The Morgan fingerprint density at radius 1 is 1.12 bits per heavy atom. The summed E-state index contributed by atoms with van der Waals surface area (Å²) in [5, 5.41) is 4.06. The number of carbonyl (C=O) groups excluding carboxylic acids is 1. The Balaban J connectivity index is 1.62. The molecule has 1 unspecified atom stereocenters. The average molecular weight is 351 g/mol. The number of likely N-dealkylation sites (tertiary alicyclic amines) is 1. The zero-order valence-corrected chi connectivity index (χ0v) is 14.1. The zero-order valence-electron chi connectivity index (χ0n) is 14.1. The molecule has 132 valence electrons. The molecule has 1 saturated heterocycles. The third kappa shape index (κ3) is 3.22. The van der Waals surface area contributed by atoms with Crippen LogP contribution in [-0.2, 0) is 0 Å². The quantitative estimate of drug-likeness (QED) is 0.708. The highest BCUT2D eigenvalue weighted by Gasteiger charge is 2.32. The van der Waals surface area contributed by atoms with Crippen LogP contribution in [-0.4, -0.2) is 27.5 Å². The van der Waals surface area contributed by atoms with E-state index in [1.165, 1.54) is 12.1 Å². The second-order valence-electron chi connectivity index (χ2n) is 6.34. The molecule has 2 aromatic carbocycles. The summed E-state index contributed by atoms with van der Waals surface area (Å²) in [6.45, 7) is 0.586. The van der Waals surface area contributed by atoms with Crippen molar-refractivity contribution in [3.05, 3.63) is 71.9 Å². The molecule has 5 nitrogen and oxygen atoms in total. The molecule has 1 aromatic heterocycles. The first kappa shape index (κ1) is 16.4. The van der Waals surface area contributed by atoms with Crippen molar-refractivity contribution in [1.29, 1.82) is 0 Å². The van der Waals surface area contributed by atoms with E-state index in [1.807, 2.05) is 30.3 Å². The summed E-state index contributed by atoms with van der Waals surface area (Å²) in [4.78, 5) is 19.1. The number of rotatable bonds is 3. The number of aromatic nitrogens is 2. The molecule has 1 aliphatic rings. The van der Waals surface area contributed by atoms with Crippen molar-refractivity contribution in [2.75, 3.05) is 6.54 Å². The van der Waals surface area contributed by atoms with Crippen LogP contribution in [0.3, 0.4) is 0 Å². The van der Waals surface area contributed by atoms with Crippen molar-refractivity contribution in [3.8, 4) is 11.4 Å². The third-order valence-corrected chi connectivity index (χ3v) is 4.59. The van der Waals surface area contributed by atoms with E-state index >= 15 is 0 Å². The highest BCUT2D eigenvalue weighted by atomic mass is 19.1. The SMILES string of the molecule is O=C(c1cccc(F)c1)N1CCCCC1c1nc(-c2ccccc2)no1. The lowest BCUT2D eigenvalue weighted by Crippen LogP contribution is -2.38. The minimum Gasteiger partial charge on any atom is -0.337 e. The lowest BCUT2D eigenvalue weighted by molar-refractivity contribution is 0.0561. The molecule has 0 spiro atoms. The lowest BCUT2D eigenvalue weighted by atomic mass is 10.0. The predicted octanol–water partition coefficient (Wildman–Crippen LogP) is 4.24. The minimum absolute atomic E-state index is 0.214. The summed E-state index contributed by atoms with van der Waals surface area (Å²) in [6, 6.07) is 15.0. The summed E-state index contributed by atoms with van der Waals surface area (Å²) in [7, 11) is 0. The summed E-state index contributed by atoms with van der Waals surface area (Å²) in [5.74, 6) is 0.292. The van der Waals surface area contributed by atoms with Gasteiger partial charge in [-0.1, -0.05) is 41.6 Å². The van der Waals surface area contributed by atoms with E-state index in [1.54, 1.807) is 17.0 Å². The number of nitrogens with zero attached hydrogens (tertiary/aromatic N) is 3. The highest BCUT2D eigenvalue weighted by Crippen LogP contribution is 2.32. The topological polar surface area (TPSA) is 59.2 Å². The number of amides is 1. The molecule has 1 aliphatic heterocycles. The van der Waals surface area contributed by atoms with Crippen LogP contribution in [0, 0.1) is 5.82 Å². The second kappa shape index (κ2) is 7.07. The first-order valence-electron chi connectivity index (χ1n) is 8.68. The van der Waals surface area contributed by atoms with Gasteiger partial charge in [0, 0.05) is 17.7 Å². The summed E-state index contributed by atoms with van der Waals surface area (Å²) in [5.41, 5.74) is 1.20. The fraction of sp³-hybridized carbons (Fsp3) is 0.250. The van der Waals surface area contributed by atoms with Gasteiger partial charge < -0.3 is 9.42 Å². The molecular weight excluding hydrogens is 333 g/mol. The van der Waals surface area contributed by atoms with Crippen molar-refractivity contribution < 1.29 is 13.7 Å². The molecule has 0 saturated carbocycles. The molecule has 4 rings (SSSR count). The van der Waals surface area contributed by atoms with Crippen LogP contribution in [0.2, 0.25) is 0 Å². The van der Waals surface area contributed by atoms with E-state index in [9.17, 15) is 9.18 Å². The molecule has 0 radical (unpaired) electrons. The second-order valence-corrected chi connectivity index (χ2v) is 6.34. The van der Waals surface area contributed by atoms with Gasteiger partial charge in [0.1, 0.15) is 11.9 Å². The molecule has 3 aromatic rings. The molecular formula is C20H18FN3O2. The largest absolute Gasteiger partial charge is 0.337 e. The van der Waals surface area contributed by atoms with Gasteiger partial charge in [0.05, 0.1) is 0 Å². The van der Waals surface area contributed by atoms with Gasteiger partial charge in [0.25, 0.3) is 5.91 Å². The van der Waals surface area contributed by atoms with Crippen LogP contribution in [0.5, 0.6) is 0 Å². The smallest absolute Gasteiger partial charge is 0.254 e. The van der Waals surface area contributed by atoms with Gasteiger partial charge >= 0.3 is 0 Å².